The first-order valence-corrected chi connectivity index (χ1v) is 10.2. The van der Waals surface area contributed by atoms with Gasteiger partial charge in [-0.1, -0.05) is 55.1 Å². The molecular weight excluding hydrogens is 382 g/mol. The summed E-state index contributed by atoms with van der Waals surface area (Å²) in [7, 11) is 0. The first-order chi connectivity index (χ1) is 12.9. The minimum absolute atomic E-state index is 0.110. The molecule has 0 aliphatic carbocycles. The second-order valence-corrected chi connectivity index (χ2v) is 8.08. The van der Waals surface area contributed by atoms with Crippen molar-refractivity contribution in [2.75, 3.05) is 11.1 Å². The first kappa shape index (κ1) is 19.2. The molecule has 0 radical (unpaired) electrons. The molecule has 1 aromatic carbocycles. The Morgan fingerprint density at radius 1 is 1.26 bits per heavy atom. The summed E-state index contributed by atoms with van der Waals surface area (Å²) in [4.78, 5) is 29.2. The third-order valence-corrected chi connectivity index (χ3v) is 5.62. The monoisotopic (exact) mass is 401 g/mol. The highest BCUT2D eigenvalue weighted by Crippen LogP contribution is 2.23. The van der Waals surface area contributed by atoms with Crippen molar-refractivity contribution in [1.82, 2.24) is 19.7 Å². The van der Waals surface area contributed by atoms with Crippen LogP contribution in [0.25, 0.3) is 5.69 Å². The van der Waals surface area contributed by atoms with E-state index in [2.05, 4.69) is 20.5 Å². The van der Waals surface area contributed by atoms with Gasteiger partial charge < -0.3 is 0 Å². The van der Waals surface area contributed by atoms with Crippen LogP contribution in [0.1, 0.15) is 30.5 Å². The molecule has 3 rings (SSSR count). The van der Waals surface area contributed by atoms with Gasteiger partial charge in [0.05, 0.1) is 11.4 Å². The number of hydrogen-bond donors (Lipinski definition) is 1. The molecule has 3 aromatic rings. The zero-order valence-electron chi connectivity index (χ0n) is 15.2. The minimum atomic E-state index is -0.221. The largest absolute Gasteiger partial charge is 0.300 e. The number of anilines is 1. The average Bonchev–Trinajstić information content (AvgIpc) is 3.09. The number of benzene rings is 1. The maximum absolute atomic E-state index is 12.5. The fourth-order valence-electron chi connectivity index (χ4n) is 2.29. The number of rotatable bonds is 6. The summed E-state index contributed by atoms with van der Waals surface area (Å²) in [6.45, 7) is 5.80. The summed E-state index contributed by atoms with van der Waals surface area (Å²) in [6, 6.07) is 10.7. The number of aromatic nitrogens is 4. The van der Waals surface area contributed by atoms with Crippen molar-refractivity contribution < 1.29 is 4.79 Å². The number of hydrogen-bond acceptors (Lipinski definition) is 7. The number of para-hydroxylation sites is 1. The van der Waals surface area contributed by atoms with E-state index in [9.17, 15) is 9.59 Å². The zero-order chi connectivity index (χ0) is 19.4. The Labute approximate surface area is 164 Å². The van der Waals surface area contributed by atoms with Gasteiger partial charge in [0, 0.05) is 17.7 Å². The molecule has 0 fully saturated rings. The number of thioether (sulfide) groups is 1. The van der Waals surface area contributed by atoms with Crippen molar-refractivity contribution in [3.05, 3.63) is 57.5 Å². The quantitative estimate of drug-likeness (QED) is 0.504. The van der Waals surface area contributed by atoms with Gasteiger partial charge in [0.1, 0.15) is 5.01 Å². The topological polar surface area (TPSA) is 89.8 Å². The molecule has 0 atom stereocenters. The lowest BCUT2D eigenvalue weighted by atomic mass is 10.2. The summed E-state index contributed by atoms with van der Waals surface area (Å²) >= 11 is 2.57. The minimum Gasteiger partial charge on any atom is -0.300 e. The molecule has 0 spiro atoms. The Balaban J connectivity index is 1.75. The normalized spacial score (nSPS) is 11.0. The van der Waals surface area contributed by atoms with Crippen LogP contribution in [0.4, 0.5) is 5.13 Å². The van der Waals surface area contributed by atoms with Gasteiger partial charge >= 0.3 is 0 Å². The van der Waals surface area contributed by atoms with Crippen molar-refractivity contribution >= 4 is 34.1 Å². The first-order valence-electron chi connectivity index (χ1n) is 8.36. The SMILES string of the molecule is Cc1cc(=O)n(-c2ccccc2)c(SCC(=O)Nc2nnc(C(C)C)s2)n1. The molecule has 7 nitrogen and oxygen atoms in total. The Morgan fingerprint density at radius 3 is 2.67 bits per heavy atom. The van der Waals surface area contributed by atoms with Crippen LogP contribution >= 0.6 is 23.1 Å². The van der Waals surface area contributed by atoms with Crippen molar-refractivity contribution in [2.24, 2.45) is 0 Å². The van der Waals surface area contributed by atoms with Gasteiger partial charge in [0.15, 0.2) is 5.16 Å². The fraction of sp³-hybridized carbons (Fsp3) is 0.278. The molecule has 1 amide bonds. The Bertz CT molecular complexity index is 998. The summed E-state index contributed by atoms with van der Waals surface area (Å²) in [6.07, 6.45) is 0. The summed E-state index contributed by atoms with van der Waals surface area (Å²) < 4.78 is 1.51. The third kappa shape index (κ3) is 4.81. The number of aryl methyl sites for hydroxylation is 1. The van der Waals surface area contributed by atoms with Crippen LogP contribution in [0.2, 0.25) is 0 Å². The molecule has 0 saturated heterocycles. The van der Waals surface area contributed by atoms with Crippen molar-refractivity contribution in [3.63, 3.8) is 0 Å². The summed E-state index contributed by atoms with van der Waals surface area (Å²) in [5.74, 6) is 0.153. The van der Waals surface area contributed by atoms with Gasteiger partial charge in [-0.2, -0.15) is 0 Å². The van der Waals surface area contributed by atoms with Crippen molar-refractivity contribution in [3.8, 4) is 5.69 Å². The number of amides is 1. The van der Waals surface area contributed by atoms with Crippen molar-refractivity contribution in [1.29, 1.82) is 0 Å². The van der Waals surface area contributed by atoms with E-state index in [1.807, 2.05) is 44.2 Å². The molecule has 0 unspecified atom stereocenters. The van der Waals surface area contributed by atoms with Gasteiger partial charge in [-0.05, 0) is 19.1 Å². The van der Waals surface area contributed by atoms with E-state index in [4.69, 9.17) is 0 Å². The van der Waals surface area contributed by atoms with E-state index in [0.717, 1.165) is 5.01 Å². The highest BCUT2D eigenvalue weighted by Gasteiger charge is 2.14. The Hall–Kier alpha value is -2.52. The van der Waals surface area contributed by atoms with Gasteiger partial charge in [-0.25, -0.2) is 4.98 Å². The van der Waals surface area contributed by atoms with Gasteiger partial charge in [0.25, 0.3) is 5.56 Å². The molecule has 140 valence electrons. The summed E-state index contributed by atoms with van der Waals surface area (Å²) in [5, 5.41) is 12.6. The molecule has 0 bridgehead atoms. The highest BCUT2D eigenvalue weighted by atomic mass is 32.2. The molecule has 0 aliphatic rings. The van der Waals surface area contributed by atoms with Gasteiger partial charge in [-0.3, -0.25) is 19.5 Å². The van der Waals surface area contributed by atoms with E-state index in [1.54, 1.807) is 6.92 Å². The lowest BCUT2D eigenvalue weighted by Crippen LogP contribution is -2.22. The molecule has 2 aromatic heterocycles. The molecule has 27 heavy (non-hydrogen) atoms. The van der Waals surface area contributed by atoms with Crippen LogP contribution in [-0.4, -0.2) is 31.4 Å². The molecule has 9 heteroatoms. The number of carbonyl (C=O) groups excluding carboxylic acids is 1. The molecule has 2 heterocycles. The number of nitrogens with one attached hydrogen (secondary N) is 1. The smallest absolute Gasteiger partial charge is 0.258 e. The predicted molar refractivity (Wildman–Crippen MR) is 108 cm³/mol. The molecule has 0 saturated carbocycles. The van der Waals surface area contributed by atoms with Crippen LogP contribution in [0.15, 0.2) is 46.3 Å². The van der Waals surface area contributed by atoms with E-state index < -0.39 is 0 Å². The van der Waals surface area contributed by atoms with E-state index in [-0.39, 0.29) is 23.1 Å². The zero-order valence-corrected chi connectivity index (χ0v) is 16.8. The van der Waals surface area contributed by atoms with Crippen LogP contribution < -0.4 is 10.9 Å². The Morgan fingerprint density at radius 2 is 2.00 bits per heavy atom. The lowest BCUT2D eigenvalue weighted by Gasteiger charge is -2.11. The molecule has 1 N–H and O–H groups in total. The van der Waals surface area contributed by atoms with Crippen LogP contribution in [0, 0.1) is 6.92 Å². The van der Waals surface area contributed by atoms with Gasteiger partial charge in [0.2, 0.25) is 11.0 Å². The maximum Gasteiger partial charge on any atom is 0.258 e. The summed E-state index contributed by atoms with van der Waals surface area (Å²) in [5.41, 5.74) is 1.15. The standard InChI is InChI=1S/C18H19N5O2S2/c1-11(2)16-21-22-17(27-16)20-14(24)10-26-18-19-12(3)9-15(25)23(18)13-7-5-4-6-8-13/h4-9,11H,10H2,1-3H3,(H,20,22,24). The lowest BCUT2D eigenvalue weighted by molar-refractivity contribution is -0.113. The van der Waals surface area contributed by atoms with Crippen LogP contribution in [0.5, 0.6) is 0 Å². The third-order valence-electron chi connectivity index (χ3n) is 3.54. The number of carbonyl (C=O) groups is 1. The second kappa shape index (κ2) is 8.45. The predicted octanol–water partition coefficient (Wildman–Crippen LogP) is 3.25. The van der Waals surface area contributed by atoms with E-state index in [1.165, 1.54) is 33.7 Å². The van der Waals surface area contributed by atoms with Crippen LogP contribution in [0.3, 0.4) is 0 Å². The second-order valence-electron chi connectivity index (χ2n) is 6.13. The highest BCUT2D eigenvalue weighted by molar-refractivity contribution is 7.99. The van der Waals surface area contributed by atoms with Gasteiger partial charge in [-0.15, -0.1) is 10.2 Å². The van der Waals surface area contributed by atoms with E-state index >= 15 is 0 Å². The number of nitrogens with zero attached hydrogens (tertiary/aromatic N) is 4. The van der Waals surface area contributed by atoms with Crippen molar-refractivity contribution in [2.45, 2.75) is 31.8 Å². The van der Waals surface area contributed by atoms with E-state index in [0.29, 0.717) is 21.7 Å². The average molecular weight is 402 g/mol. The fourth-order valence-corrected chi connectivity index (χ4v) is 3.91. The Kier molecular flexibility index (Phi) is 6.02. The maximum atomic E-state index is 12.5. The molecular formula is C18H19N5O2S2. The molecule has 0 aliphatic heterocycles. The van der Waals surface area contributed by atoms with Crippen LogP contribution in [-0.2, 0) is 4.79 Å².